The van der Waals surface area contributed by atoms with Crippen molar-refractivity contribution in [3.63, 3.8) is 0 Å². The molecule has 0 spiro atoms. The van der Waals surface area contributed by atoms with Crippen LogP contribution in [0.5, 0.6) is 0 Å². The number of carbonyl (C=O) groups excluding carboxylic acids is 2. The van der Waals surface area contributed by atoms with Gasteiger partial charge in [0.25, 0.3) is 0 Å². The number of halogens is 1. The summed E-state index contributed by atoms with van der Waals surface area (Å²) in [6.07, 6.45) is 2.14. The minimum absolute atomic E-state index is 0.173. The van der Waals surface area contributed by atoms with Gasteiger partial charge in [-0.15, -0.1) is 0 Å². The van der Waals surface area contributed by atoms with Gasteiger partial charge in [-0.2, -0.15) is 0 Å². The second-order valence-electron chi connectivity index (χ2n) is 9.19. The summed E-state index contributed by atoms with van der Waals surface area (Å²) in [5.41, 5.74) is 3.18. The fraction of sp³-hybridized carbons (Fsp3) is 0.310. The van der Waals surface area contributed by atoms with E-state index in [0.29, 0.717) is 18.7 Å². The van der Waals surface area contributed by atoms with Crippen LogP contribution >= 0.6 is 22.6 Å². The van der Waals surface area contributed by atoms with Gasteiger partial charge < -0.3 is 10.2 Å². The number of hydrogen-bond acceptors (Lipinski definition) is 4. The molecule has 0 saturated carbocycles. The van der Waals surface area contributed by atoms with Gasteiger partial charge in [0, 0.05) is 23.1 Å². The molecule has 0 heterocycles. The smallest absolute Gasteiger partial charge is 0.244 e. The maximum atomic E-state index is 14.0. The molecule has 2 amide bonds. The molecule has 3 aromatic rings. The SMILES string of the molecule is CCCNC(=O)[C@H](Cc1ccccc1)N(Cc1ccccc1C)C(=O)CN(c1ccc(I)cc1)S(C)(=O)=O. The van der Waals surface area contributed by atoms with Crippen LogP contribution in [0, 0.1) is 10.5 Å². The normalized spacial score (nSPS) is 12.0. The molecular weight excluding hydrogens is 613 g/mol. The number of amides is 2. The summed E-state index contributed by atoms with van der Waals surface area (Å²) in [4.78, 5) is 29.0. The van der Waals surface area contributed by atoms with E-state index in [1.165, 1.54) is 4.90 Å². The average Bonchev–Trinajstić information content (AvgIpc) is 2.89. The highest BCUT2D eigenvalue weighted by Gasteiger charge is 2.33. The molecule has 1 N–H and O–H groups in total. The van der Waals surface area contributed by atoms with Gasteiger partial charge in [0.15, 0.2) is 0 Å². The molecule has 7 nitrogen and oxygen atoms in total. The largest absolute Gasteiger partial charge is 0.354 e. The van der Waals surface area contributed by atoms with Crippen molar-refractivity contribution in [2.45, 2.75) is 39.3 Å². The van der Waals surface area contributed by atoms with E-state index in [1.54, 1.807) is 24.3 Å². The van der Waals surface area contributed by atoms with Crippen LogP contribution in [0.25, 0.3) is 0 Å². The molecule has 0 fully saturated rings. The lowest BCUT2D eigenvalue weighted by Crippen LogP contribution is -2.53. The first-order valence-electron chi connectivity index (χ1n) is 12.5. The van der Waals surface area contributed by atoms with Crippen LogP contribution in [-0.2, 0) is 32.6 Å². The number of rotatable bonds is 12. The first kappa shape index (κ1) is 29.6. The molecule has 0 unspecified atom stereocenters. The van der Waals surface area contributed by atoms with Gasteiger partial charge in [-0.05, 0) is 76.9 Å². The molecule has 0 aromatic heterocycles. The molecule has 0 aliphatic rings. The van der Waals surface area contributed by atoms with Crippen molar-refractivity contribution in [2.75, 3.05) is 23.7 Å². The van der Waals surface area contributed by atoms with Gasteiger partial charge in [-0.25, -0.2) is 8.42 Å². The number of benzene rings is 3. The Morgan fingerprint density at radius 2 is 1.58 bits per heavy atom. The van der Waals surface area contributed by atoms with Gasteiger partial charge in [0.1, 0.15) is 12.6 Å². The predicted molar refractivity (Wildman–Crippen MR) is 160 cm³/mol. The summed E-state index contributed by atoms with van der Waals surface area (Å²) in [5.74, 6) is -0.720. The Morgan fingerprint density at radius 1 is 0.947 bits per heavy atom. The Hall–Kier alpha value is -2.92. The Kier molecular flexibility index (Phi) is 10.7. The van der Waals surface area contributed by atoms with Gasteiger partial charge in [-0.1, -0.05) is 61.5 Å². The molecule has 9 heteroatoms. The third-order valence-electron chi connectivity index (χ3n) is 6.22. The maximum absolute atomic E-state index is 14.0. The van der Waals surface area contributed by atoms with Gasteiger partial charge in [-0.3, -0.25) is 13.9 Å². The molecule has 3 rings (SSSR count). The number of carbonyl (C=O) groups is 2. The average molecular weight is 648 g/mol. The summed E-state index contributed by atoms with van der Waals surface area (Å²) in [6, 6.07) is 23.3. The molecule has 0 radical (unpaired) electrons. The molecule has 0 aliphatic carbocycles. The first-order chi connectivity index (χ1) is 18.1. The highest BCUT2D eigenvalue weighted by Crippen LogP contribution is 2.22. The van der Waals surface area contributed by atoms with E-state index in [2.05, 4.69) is 27.9 Å². The lowest BCUT2D eigenvalue weighted by molar-refractivity contribution is -0.140. The Morgan fingerprint density at radius 3 is 2.18 bits per heavy atom. The standard InChI is InChI=1S/C29H34IN3O4S/c1-4-18-31-29(35)27(19-23-11-6-5-7-12-23)32(20-24-13-9-8-10-22(24)2)28(34)21-33(38(3,36)37)26-16-14-25(30)15-17-26/h5-17,27H,4,18-21H2,1-3H3,(H,31,35)/t27-/m0/s1. The van der Waals surface area contributed by atoms with E-state index in [-0.39, 0.29) is 12.5 Å². The molecule has 38 heavy (non-hydrogen) atoms. The lowest BCUT2D eigenvalue weighted by Gasteiger charge is -2.34. The monoisotopic (exact) mass is 647 g/mol. The van der Waals surface area contributed by atoms with E-state index >= 15 is 0 Å². The van der Waals surface area contributed by atoms with Crippen LogP contribution in [0.15, 0.2) is 78.9 Å². The quantitative estimate of drug-likeness (QED) is 0.293. The van der Waals surface area contributed by atoms with Gasteiger partial charge in [0.05, 0.1) is 11.9 Å². The van der Waals surface area contributed by atoms with Crippen LogP contribution in [-0.4, -0.2) is 50.5 Å². The van der Waals surface area contributed by atoms with E-state index < -0.39 is 28.5 Å². The summed E-state index contributed by atoms with van der Waals surface area (Å²) in [5, 5.41) is 2.94. The number of nitrogens with zero attached hydrogens (tertiary/aromatic N) is 2. The van der Waals surface area contributed by atoms with Crippen LogP contribution in [0.1, 0.15) is 30.0 Å². The van der Waals surface area contributed by atoms with E-state index in [4.69, 9.17) is 0 Å². The van der Waals surface area contributed by atoms with Crippen LogP contribution < -0.4 is 9.62 Å². The summed E-state index contributed by atoms with van der Waals surface area (Å²) in [6.45, 7) is 4.16. The summed E-state index contributed by atoms with van der Waals surface area (Å²) >= 11 is 2.14. The minimum Gasteiger partial charge on any atom is -0.354 e. The number of sulfonamides is 1. The van der Waals surface area contributed by atoms with Crippen molar-refractivity contribution in [3.8, 4) is 0 Å². The fourth-order valence-electron chi connectivity index (χ4n) is 4.11. The third-order valence-corrected chi connectivity index (χ3v) is 8.08. The van der Waals surface area contributed by atoms with Gasteiger partial charge >= 0.3 is 0 Å². The highest BCUT2D eigenvalue weighted by molar-refractivity contribution is 14.1. The summed E-state index contributed by atoms with van der Waals surface area (Å²) in [7, 11) is -3.78. The van der Waals surface area contributed by atoms with Crippen molar-refractivity contribution >= 4 is 50.1 Å². The highest BCUT2D eigenvalue weighted by atomic mass is 127. The molecule has 202 valence electrons. The predicted octanol–water partition coefficient (Wildman–Crippen LogP) is 4.53. The van der Waals surface area contributed by atoms with Crippen LogP contribution in [0.4, 0.5) is 5.69 Å². The van der Waals surface area contributed by atoms with Crippen molar-refractivity contribution in [3.05, 3.63) is 99.1 Å². The zero-order valence-corrected chi connectivity index (χ0v) is 24.9. The maximum Gasteiger partial charge on any atom is 0.244 e. The lowest BCUT2D eigenvalue weighted by atomic mass is 10.0. The fourth-order valence-corrected chi connectivity index (χ4v) is 5.32. The summed E-state index contributed by atoms with van der Waals surface area (Å²) < 4.78 is 27.6. The van der Waals surface area contributed by atoms with E-state index in [9.17, 15) is 18.0 Å². The van der Waals surface area contributed by atoms with Crippen molar-refractivity contribution in [1.82, 2.24) is 10.2 Å². The Balaban J connectivity index is 2.04. The number of anilines is 1. The molecule has 0 aliphatic heterocycles. The number of aryl methyl sites for hydroxylation is 1. The minimum atomic E-state index is -3.78. The van der Waals surface area contributed by atoms with Crippen molar-refractivity contribution in [2.24, 2.45) is 0 Å². The third kappa shape index (κ3) is 8.29. The second-order valence-corrected chi connectivity index (χ2v) is 12.3. The zero-order valence-electron chi connectivity index (χ0n) is 21.9. The first-order valence-corrected chi connectivity index (χ1v) is 15.4. The van der Waals surface area contributed by atoms with Crippen molar-refractivity contribution < 1.29 is 18.0 Å². The number of nitrogens with one attached hydrogen (secondary N) is 1. The molecule has 0 saturated heterocycles. The van der Waals surface area contributed by atoms with Crippen LogP contribution in [0.2, 0.25) is 0 Å². The van der Waals surface area contributed by atoms with E-state index in [0.717, 1.165) is 37.2 Å². The Bertz CT molecular complexity index is 1330. The van der Waals surface area contributed by atoms with E-state index in [1.807, 2.05) is 68.4 Å². The molecule has 0 bridgehead atoms. The van der Waals surface area contributed by atoms with Gasteiger partial charge in [0.2, 0.25) is 21.8 Å². The number of hydrogen-bond donors (Lipinski definition) is 1. The van der Waals surface area contributed by atoms with Crippen molar-refractivity contribution in [1.29, 1.82) is 0 Å². The Labute approximate surface area is 239 Å². The molecule has 1 atom stereocenters. The van der Waals surface area contributed by atoms with Crippen LogP contribution in [0.3, 0.4) is 0 Å². The second kappa shape index (κ2) is 13.7. The molecule has 3 aromatic carbocycles. The zero-order chi connectivity index (χ0) is 27.7. The molecular formula is C29H34IN3O4S. The topological polar surface area (TPSA) is 86.8 Å².